The van der Waals surface area contributed by atoms with E-state index in [4.69, 9.17) is 14.2 Å². The van der Waals surface area contributed by atoms with E-state index in [1.807, 2.05) is 60.7 Å². The highest BCUT2D eigenvalue weighted by molar-refractivity contribution is 5.68. The van der Waals surface area contributed by atoms with Gasteiger partial charge in [0.2, 0.25) is 0 Å². The monoisotopic (exact) mass is 486 g/mol. The predicted octanol–water partition coefficient (Wildman–Crippen LogP) is 3.36. The van der Waals surface area contributed by atoms with Gasteiger partial charge < -0.3 is 29.5 Å². The Morgan fingerprint density at radius 1 is 0.686 bits per heavy atom. The Labute approximate surface area is 203 Å². The molecule has 1 heterocycles. The molecule has 1 saturated heterocycles. The van der Waals surface area contributed by atoms with Crippen LogP contribution in [0, 0.1) is 5.92 Å². The van der Waals surface area contributed by atoms with E-state index in [9.17, 15) is 29.7 Å². The molecule has 188 valence electrons. The molecular weight excluding hydrogens is 456 g/mol. The van der Waals surface area contributed by atoms with Crippen LogP contribution in [0.5, 0.6) is 0 Å². The van der Waals surface area contributed by atoms with Crippen molar-refractivity contribution in [2.75, 3.05) is 0 Å². The van der Waals surface area contributed by atoms with Crippen molar-refractivity contribution in [3.63, 3.8) is 0 Å². The zero-order valence-corrected chi connectivity index (χ0v) is 19.2. The average molecular weight is 487 g/mol. The Kier molecular flexibility index (Phi) is 9.77. The molecule has 0 bridgehead atoms. The highest BCUT2D eigenvalue weighted by atomic mass is 16.6. The van der Waals surface area contributed by atoms with Crippen LogP contribution in [0.25, 0.3) is 0 Å². The minimum atomic E-state index is -1.11. The van der Waals surface area contributed by atoms with Crippen LogP contribution in [0.2, 0.25) is 0 Å². The second-order valence-electron chi connectivity index (χ2n) is 8.53. The van der Waals surface area contributed by atoms with Crippen molar-refractivity contribution in [1.82, 2.24) is 0 Å². The molecule has 3 rings (SSSR count). The van der Waals surface area contributed by atoms with Crippen molar-refractivity contribution in [2.24, 2.45) is 5.92 Å². The number of hydrogen-bond donors (Lipinski definition) is 3. The lowest BCUT2D eigenvalue weighted by Crippen LogP contribution is -2.57. The third-order valence-corrected chi connectivity index (χ3v) is 5.94. The van der Waals surface area contributed by atoms with E-state index >= 15 is 0 Å². The fraction of sp³-hybridized carbons (Fsp3) is 0.423. The van der Waals surface area contributed by atoms with Crippen LogP contribution < -0.4 is 0 Å². The van der Waals surface area contributed by atoms with Gasteiger partial charge in [0.1, 0.15) is 6.10 Å². The summed E-state index contributed by atoms with van der Waals surface area (Å²) in [6.07, 6.45) is -4.42. The standard InChI is InChI=1S/C26H30O9/c27-22(28)12-11-20-19(13-23(29)30)25(33-15-17-7-3-1-4-8-17)26(21(35-20)14-24(31)32)34-16-18-9-5-2-6-10-18/h1-10,19-21,25-26H,11-16H2,(H,27,28)(H,29,30)(H,31,32)/t19-,20+,21+,25-,26-/m0/s1. The molecule has 1 aliphatic heterocycles. The van der Waals surface area contributed by atoms with Crippen LogP contribution in [-0.2, 0) is 41.8 Å². The van der Waals surface area contributed by atoms with Crippen LogP contribution >= 0.6 is 0 Å². The van der Waals surface area contributed by atoms with Gasteiger partial charge in [0, 0.05) is 12.3 Å². The van der Waals surface area contributed by atoms with Crippen molar-refractivity contribution in [2.45, 2.75) is 63.3 Å². The summed E-state index contributed by atoms with van der Waals surface area (Å²) in [5.41, 5.74) is 1.71. The van der Waals surface area contributed by atoms with Gasteiger partial charge in [0.25, 0.3) is 0 Å². The van der Waals surface area contributed by atoms with E-state index in [1.54, 1.807) is 0 Å². The Balaban J connectivity index is 1.92. The van der Waals surface area contributed by atoms with E-state index in [0.29, 0.717) is 0 Å². The number of carboxylic acids is 3. The molecule has 1 fully saturated rings. The molecule has 5 atom stereocenters. The smallest absolute Gasteiger partial charge is 0.306 e. The van der Waals surface area contributed by atoms with E-state index in [-0.39, 0.29) is 32.5 Å². The second-order valence-corrected chi connectivity index (χ2v) is 8.53. The average Bonchev–Trinajstić information content (AvgIpc) is 2.82. The molecule has 0 aromatic heterocycles. The van der Waals surface area contributed by atoms with Crippen molar-refractivity contribution < 1.29 is 43.9 Å². The van der Waals surface area contributed by atoms with Gasteiger partial charge in [-0.05, 0) is 17.5 Å². The first-order valence-electron chi connectivity index (χ1n) is 11.5. The summed E-state index contributed by atoms with van der Waals surface area (Å²) in [6, 6.07) is 18.6. The number of benzene rings is 2. The number of aliphatic carboxylic acids is 3. The Bertz CT molecular complexity index is 963. The Morgan fingerprint density at radius 2 is 1.20 bits per heavy atom. The summed E-state index contributed by atoms with van der Waals surface area (Å²) >= 11 is 0. The van der Waals surface area contributed by atoms with Gasteiger partial charge in [-0.1, -0.05) is 60.7 Å². The van der Waals surface area contributed by atoms with Crippen molar-refractivity contribution in [1.29, 1.82) is 0 Å². The summed E-state index contributed by atoms with van der Waals surface area (Å²) in [6.45, 7) is 0.300. The van der Waals surface area contributed by atoms with Gasteiger partial charge in [0.15, 0.2) is 0 Å². The fourth-order valence-corrected chi connectivity index (χ4v) is 4.36. The second kappa shape index (κ2) is 13.0. The molecule has 0 spiro atoms. The van der Waals surface area contributed by atoms with Gasteiger partial charge >= 0.3 is 17.9 Å². The van der Waals surface area contributed by atoms with Gasteiger partial charge in [-0.15, -0.1) is 0 Å². The van der Waals surface area contributed by atoms with Gasteiger partial charge in [-0.25, -0.2) is 0 Å². The summed E-state index contributed by atoms with van der Waals surface area (Å²) in [4.78, 5) is 34.6. The van der Waals surface area contributed by atoms with E-state index in [0.717, 1.165) is 11.1 Å². The lowest BCUT2D eigenvalue weighted by atomic mass is 9.81. The first kappa shape index (κ1) is 26.3. The van der Waals surface area contributed by atoms with Crippen molar-refractivity contribution >= 4 is 17.9 Å². The molecule has 0 amide bonds. The molecule has 1 aliphatic rings. The topological polar surface area (TPSA) is 140 Å². The lowest BCUT2D eigenvalue weighted by molar-refractivity contribution is -0.239. The maximum absolute atomic E-state index is 11.8. The van der Waals surface area contributed by atoms with Crippen molar-refractivity contribution in [3.8, 4) is 0 Å². The molecule has 0 unspecified atom stereocenters. The van der Waals surface area contributed by atoms with E-state index in [2.05, 4.69) is 0 Å². The summed E-state index contributed by atoms with van der Waals surface area (Å²) < 4.78 is 18.4. The molecule has 9 heteroatoms. The molecule has 2 aromatic rings. The molecule has 0 aliphatic carbocycles. The van der Waals surface area contributed by atoms with Crippen LogP contribution in [0.1, 0.15) is 36.8 Å². The fourth-order valence-electron chi connectivity index (χ4n) is 4.36. The largest absolute Gasteiger partial charge is 0.481 e. The maximum Gasteiger partial charge on any atom is 0.306 e. The van der Waals surface area contributed by atoms with Gasteiger partial charge in [-0.2, -0.15) is 0 Å². The molecule has 0 saturated carbocycles. The normalized spacial score (nSPS) is 24.1. The van der Waals surface area contributed by atoms with Crippen LogP contribution in [0.4, 0.5) is 0 Å². The molecule has 3 N–H and O–H groups in total. The Morgan fingerprint density at radius 3 is 1.69 bits per heavy atom. The first-order valence-corrected chi connectivity index (χ1v) is 11.5. The quantitative estimate of drug-likeness (QED) is 0.389. The molecule has 35 heavy (non-hydrogen) atoms. The summed E-state index contributed by atoms with van der Waals surface area (Å²) in [5.74, 6) is -3.99. The number of rotatable bonds is 13. The lowest BCUT2D eigenvalue weighted by Gasteiger charge is -2.46. The third-order valence-electron chi connectivity index (χ3n) is 5.94. The summed E-state index contributed by atoms with van der Waals surface area (Å²) in [5, 5.41) is 28.3. The van der Waals surface area contributed by atoms with Crippen molar-refractivity contribution in [3.05, 3.63) is 71.8 Å². The number of carbonyl (C=O) groups is 3. The molecule has 2 aromatic carbocycles. The first-order chi connectivity index (χ1) is 16.8. The maximum atomic E-state index is 11.8. The predicted molar refractivity (Wildman–Crippen MR) is 124 cm³/mol. The van der Waals surface area contributed by atoms with Gasteiger partial charge in [0.05, 0.1) is 44.4 Å². The molecule has 0 radical (unpaired) electrons. The van der Waals surface area contributed by atoms with E-state index in [1.165, 1.54) is 0 Å². The summed E-state index contributed by atoms with van der Waals surface area (Å²) in [7, 11) is 0. The zero-order valence-electron chi connectivity index (χ0n) is 19.2. The zero-order chi connectivity index (χ0) is 25.2. The third kappa shape index (κ3) is 8.17. The Hall–Kier alpha value is -3.27. The van der Waals surface area contributed by atoms with Crippen LogP contribution in [0.3, 0.4) is 0 Å². The minimum Gasteiger partial charge on any atom is -0.481 e. The SMILES string of the molecule is O=C(O)CC[C@H]1O[C@H](CC(=O)O)[C@H](OCc2ccccc2)[C@@H](OCc2ccccc2)[C@H]1CC(=O)O. The number of carboxylic acid groups (broad SMARTS) is 3. The highest BCUT2D eigenvalue weighted by Gasteiger charge is 2.48. The molecule has 9 nitrogen and oxygen atoms in total. The highest BCUT2D eigenvalue weighted by Crippen LogP contribution is 2.37. The number of ether oxygens (including phenoxy) is 3. The number of hydrogen-bond acceptors (Lipinski definition) is 6. The van der Waals surface area contributed by atoms with Crippen LogP contribution in [0.15, 0.2) is 60.7 Å². The van der Waals surface area contributed by atoms with E-state index < -0.39 is 54.7 Å². The minimum absolute atomic E-state index is 0.0278. The van der Waals surface area contributed by atoms with Gasteiger partial charge in [-0.3, -0.25) is 14.4 Å². The van der Waals surface area contributed by atoms with Crippen LogP contribution in [-0.4, -0.2) is 57.6 Å². The molecular formula is C26H30O9.